The van der Waals surface area contributed by atoms with Crippen LogP contribution in [0.5, 0.6) is 0 Å². The van der Waals surface area contributed by atoms with Gasteiger partial charge in [-0.05, 0) is 96.9 Å². The number of likely N-dealkylation sites (tertiary alicyclic amines) is 4. The van der Waals surface area contributed by atoms with E-state index in [1.54, 1.807) is 9.80 Å². The average Bonchev–Trinajstić information content (AvgIpc) is 4.15. The van der Waals surface area contributed by atoms with Crippen molar-refractivity contribution in [2.75, 3.05) is 39.3 Å². The van der Waals surface area contributed by atoms with Crippen molar-refractivity contribution in [3.05, 3.63) is 72.3 Å². The van der Waals surface area contributed by atoms with Gasteiger partial charge >= 0.3 is 12.1 Å². The molecule has 338 valence electrons. The first kappa shape index (κ1) is 43.3. The molecule has 0 saturated carbocycles. The average molecular weight is 873 g/mol. The Labute approximate surface area is 372 Å². The second kappa shape index (κ2) is 17.9. The highest BCUT2D eigenvalue weighted by Gasteiger charge is 2.40. The van der Waals surface area contributed by atoms with E-state index in [0.29, 0.717) is 39.0 Å². The summed E-state index contributed by atoms with van der Waals surface area (Å²) in [4.78, 5) is 77.8. The van der Waals surface area contributed by atoms with Gasteiger partial charge in [-0.25, -0.2) is 19.6 Å². The molecule has 16 heteroatoms. The molecule has 64 heavy (non-hydrogen) atoms. The lowest BCUT2D eigenvalue weighted by atomic mass is 10.00. The first-order chi connectivity index (χ1) is 30.8. The number of aromatic nitrogens is 4. The predicted molar refractivity (Wildman–Crippen MR) is 243 cm³/mol. The number of aromatic amines is 2. The number of amides is 6. The van der Waals surface area contributed by atoms with E-state index >= 15 is 0 Å². The van der Waals surface area contributed by atoms with Crippen molar-refractivity contribution in [2.45, 2.75) is 103 Å². The number of aliphatic hydroxyl groups is 2. The molecule has 4 fully saturated rings. The van der Waals surface area contributed by atoms with Crippen LogP contribution in [0.4, 0.5) is 9.59 Å². The third-order valence-electron chi connectivity index (χ3n) is 13.6. The number of imidazole rings is 2. The van der Waals surface area contributed by atoms with E-state index in [-0.39, 0.29) is 60.9 Å². The Morgan fingerprint density at radius 1 is 0.578 bits per heavy atom. The predicted octanol–water partition coefficient (Wildman–Crippen LogP) is 5.70. The Kier molecular flexibility index (Phi) is 12.1. The quantitative estimate of drug-likeness (QED) is 0.103. The van der Waals surface area contributed by atoms with Crippen molar-refractivity contribution < 1.29 is 29.4 Å². The summed E-state index contributed by atoms with van der Waals surface area (Å²) < 4.78 is 0. The fourth-order valence-electron chi connectivity index (χ4n) is 9.90. The number of β-amino-alcohol motifs (C(OH)–C–C–N with tert-alkyl or cyclic N) is 2. The zero-order chi connectivity index (χ0) is 44.8. The molecule has 16 nitrogen and oxygen atoms in total. The summed E-state index contributed by atoms with van der Waals surface area (Å²) >= 11 is 0. The van der Waals surface area contributed by atoms with Gasteiger partial charge in [0.2, 0.25) is 11.8 Å². The van der Waals surface area contributed by atoms with Gasteiger partial charge in [-0.2, -0.15) is 0 Å². The molecule has 0 spiro atoms. The molecule has 4 saturated heterocycles. The van der Waals surface area contributed by atoms with E-state index in [9.17, 15) is 29.4 Å². The zero-order valence-corrected chi connectivity index (χ0v) is 37.1. The van der Waals surface area contributed by atoms with Crippen LogP contribution in [0.1, 0.15) is 90.0 Å². The van der Waals surface area contributed by atoms with Crippen LogP contribution in [-0.4, -0.2) is 137 Å². The minimum absolute atomic E-state index is 0.118. The van der Waals surface area contributed by atoms with Crippen molar-refractivity contribution in [1.29, 1.82) is 0 Å². The molecule has 6 atom stereocenters. The van der Waals surface area contributed by atoms with Crippen LogP contribution in [0.25, 0.3) is 44.3 Å². The molecule has 0 aliphatic carbocycles. The molecule has 6 heterocycles. The number of nitrogens with zero attached hydrogens (tertiary/aromatic N) is 6. The van der Waals surface area contributed by atoms with E-state index < -0.39 is 24.3 Å². The van der Waals surface area contributed by atoms with Gasteiger partial charge in [0.05, 0.1) is 46.4 Å². The Balaban J connectivity index is 0.871. The number of benzene rings is 3. The SMILES string of the molecule is CC(C)[C@H](NC(=O)N1CC[C@H](O)C1)C(=O)N1CCC[C@H]1c1nc2ccc(-c3ccc(-c4ccc5nc([C@@H]6CCCN6C(=O)[C@@H](NC(=O)N6CC[C@H](O)C6)C(C)C)[nH]c5c4)cc3)cc2[nH]1. The Bertz CT molecular complexity index is 2360. The summed E-state index contributed by atoms with van der Waals surface area (Å²) in [6.07, 6.45) is 3.24. The number of aliphatic hydroxyl groups excluding tert-OH is 2. The fourth-order valence-corrected chi connectivity index (χ4v) is 9.90. The topological polar surface area (TPSA) is 203 Å². The number of nitrogens with one attached hydrogen (secondary N) is 4. The lowest BCUT2D eigenvalue weighted by molar-refractivity contribution is -0.136. The fraction of sp³-hybridized carbons (Fsp3) is 0.500. The van der Waals surface area contributed by atoms with Crippen molar-refractivity contribution in [3.63, 3.8) is 0 Å². The Morgan fingerprint density at radius 3 is 1.33 bits per heavy atom. The second-order valence-corrected chi connectivity index (χ2v) is 18.8. The molecule has 9 rings (SSSR count). The molecule has 6 N–H and O–H groups in total. The first-order valence-corrected chi connectivity index (χ1v) is 23.0. The molecule has 4 aliphatic heterocycles. The normalized spacial score (nSPS) is 22.4. The maximum absolute atomic E-state index is 14.0. The van der Waals surface area contributed by atoms with Gasteiger partial charge in [0.1, 0.15) is 23.7 Å². The number of fused-ring (bicyclic) bond motifs is 2. The molecular formula is C48H60N10O6. The number of hydrogen-bond acceptors (Lipinski definition) is 8. The van der Waals surface area contributed by atoms with Gasteiger partial charge in [-0.15, -0.1) is 0 Å². The number of carbonyl (C=O) groups excluding carboxylic acids is 4. The highest BCUT2D eigenvalue weighted by Crippen LogP contribution is 2.36. The van der Waals surface area contributed by atoms with Gasteiger partial charge in [0.15, 0.2) is 0 Å². The second-order valence-electron chi connectivity index (χ2n) is 18.8. The number of rotatable bonds is 10. The van der Waals surface area contributed by atoms with Crippen LogP contribution in [0, 0.1) is 11.8 Å². The minimum atomic E-state index is -0.688. The smallest absolute Gasteiger partial charge is 0.318 e. The summed E-state index contributed by atoms with van der Waals surface area (Å²) in [5, 5.41) is 25.8. The highest BCUT2D eigenvalue weighted by molar-refractivity contribution is 5.90. The molecule has 3 aromatic carbocycles. The molecule has 2 aromatic heterocycles. The van der Waals surface area contributed by atoms with Crippen molar-refractivity contribution in [2.24, 2.45) is 11.8 Å². The lowest BCUT2D eigenvalue weighted by Gasteiger charge is -2.31. The van der Waals surface area contributed by atoms with E-state index in [0.717, 1.165) is 81.7 Å². The van der Waals surface area contributed by atoms with E-state index in [1.807, 2.05) is 49.6 Å². The van der Waals surface area contributed by atoms with Crippen molar-refractivity contribution in [3.8, 4) is 22.3 Å². The van der Waals surface area contributed by atoms with Gasteiger partial charge in [0, 0.05) is 39.3 Å². The largest absolute Gasteiger partial charge is 0.391 e. The van der Waals surface area contributed by atoms with Crippen LogP contribution in [0.3, 0.4) is 0 Å². The minimum Gasteiger partial charge on any atom is -0.391 e. The maximum atomic E-state index is 14.0. The summed E-state index contributed by atoms with van der Waals surface area (Å²) in [6.45, 7) is 10.4. The van der Waals surface area contributed by atoms with Gasteiger partial charge in [0.25, 0.3) is 0 Å². The van der Waals surface area contributed by atoms with Crippen molar-refractivity contribution >= 4 is 45.9 Å². The monoisotopic (exact) mass is 872 g/mol. The van der Waals surface area contributed by atoms with E-state index in [4.69, 9.17) is 9.97 Å². The molecular weight excluding hydrogens is 813 g/mol. The van der Waals surface area contributed by atoms with Crippen LogP contribution in [-0.2, 0) is 9.59 Å². The Morgan fingerprint density at radius 2 is 0.969 bits per heavy atom. The molecule has 0 bridgehead atoms. The molecule has 0 unspecified atom stereocenters. The standard InChI is InChI=1S/C48H60N10O6/c1-27(2)41(53-47(63)55-21-17-33(59)25-55)45(61)57-19-5-7-39(57)43-49-35-15-13-31(23-37(35)51-43)29-9-11-30(12-10-29)32-14-16-36-38(24-32)52-44(50-36)40-8-6-20-58(40)46(62)42(28(3)4)54-48(64)56-22-18-34(60)26-56/h9-16,23-24,27-28,33-34,39-42,59-60H,5-8,17-22,25-26H2,1-4H3,(H,49,51)(H,50,52)(H,53,63)(H,54,64)/t33-,34-,39-,40-,41-,42-/m0/s1. The Hall–Kier alpha value is -6.00. The van der Waals surface area contributed by atoms with Gasteiger partial charge in [-0.3, -0.25) is 9.59 Å². The van der Waals surface area contributed by atoms with E-state index in [2.05, 4.69) is 69.1 Å². The number of carbonyl (C=O) groups is 4. The van der Waals surface area contributed by atoms with Gasteiger partial charge < -0.3 is 50.4 Å². The zero-order valence-electron chi connectivity index (χ0n) is 37.1. The van der Waals surface area contributed by atoms with E-state index in [1.165, 1.54) is 0 Å². The maximum Gasteiger partial charge on any atom is 0.318 e. The number of H-pyrrole nitrogens is 2. The lowest BCUT2D eigenvalue weighted by Crippen LogP contribution is -2.54. The summed E-state index contributed by atoms with van der Waals surface area (Å²) in [5.74, 6) is 0.992. The van der Waals surface area contributed by atoms with Crippen molar-refractivity contribution in [1.82, 2.24) is 50.2 Å². The molecule has 4 aliphatic rings. The van der Waals surface area contributed by atoms with Crippen LogP contribution in [0.2, 0.25) is 0 Å². The summed E-state index contributed by atoms with van der Waals surface area (Å²) in [5.41, 5.74) is 7.55. The summed E-state index contributed by atoms with van der Waals surface area (Å²) in [6, 6.07) is 18.3. The third-order valence-corrected chi connectivity index (χ3v) is 13.6. The van der Waals surface area contributed by atoms with Crippen LogP contribution >= 0.6 is 0 Å². The van der Waals surface area contributed by atoms with Gasteiger partial charge in [-0.1, -0.05) is 64.1 Å². The summed E-state index contributed by atoms with van der Waals surface area (Å²) in [7, 11) is 0. The third kappa shape index (κ3) is 8.64. The van der Waals surface area contributed by atoms with Crippen LogP contribution in [0.15, 0.2) is 60.7 Å². The molecule has 0 radical (unpaired) electrons. The number of urea groups is 2. The molecule has 6 amide bonds. The number of hydrogen-bond donors (Lipinski definition) is 6. The van der Waals surface area contributed by atoms with Crippen LogP contribution < -0.4 is 10.6 Å². The first-order valence-electron chi connectivity index (χ1n) is 23.0. The highest BCUT2D eigenvalue weighted by atomic mass is 16.3. The molecule has 5 aromatic rings.